The van der Waals surface area contributed by atoms with Gasteiger partial charge in [-0.3, -0.25) is 4.90 Å². The fraction of sp³-hybridized carbons (Fsp3) is 0.321. The second-order valence-electron chi connectivity index (χ2n) is 9.50. The molecule has 170 valence electrons. The number of piperazine rings is 1. The first kappa shape index (κ1) is 21.5. The average Bonchev–Trinajstić information content (AvgIpc) is 2.82. The van der Waals surface area contributed by atoms with Crippen LogP contribution >= 0.6 is 0 Å². The van der Waals surface area contributed by atoms with Crippen molar-refractivity contribution in [2.75, 3.05) is 37.3 Å². The van der Waals surface area contributed by atoms with Crippen molar-refractivity contribution in [2.45, 2.75) is 32.4 Å². The Labute approximate surface area is 196 Å². The van der Waals surface area contributed by atoms with Gasteiger partial charge in [0.15, 0.2) is 0 Å². The zero-order valence-corrected chi connectivity index (χ0v) is 19.8. The number of benzene rings is 2. The predicted molar refractivity (Wildman–Crippen MR) is 139 cm³/mol. The highest BCUT2D eigenvalue weighted by molar-refractivity contribution is 5.81. The van der Waals surface area contributed by atoms with Crippen LogP contribution in [0.15, 0.2) is 61.3 Å². The molecule has 5 nitrogen and oxygen atoms in total. The number of aromatic nitrogens is 1. The van der Waals surface area contributed by atoms with Gasteiger partial charge in [-0.15, -0.1) is 0 Å². The van der Waals surface area contributed by atoms with E-state index in [1.54, 1.807) is 0 Å². The summed E-state index contributed by atoms with van der Waals surface area (Å²) in [7, 11) is 2.22. The van der Waals surface area contributed by atoms with E-state index in [1.165, 1.54) is 16.8 Å². The van der Waals surface area contributed by atoms with E-state index in [1.807, 2.05) is 6.20 Å². The number of anilines is 2. The number of nitrogen functional groups attached to an aromatic ring is 1. The van der Waals surface area contributed by atoms with Crippen molar-refractivity contribution in [3.63, 3.8) is 0 Å². The van der Waals surface area contributed by atoms with Crippen molar-refractivity contribution >= 4 is 17.2 Å². The Morgan fingerprint density at radius 3 is 2.36 bits per heavy atom. The van der Waals surface area contributed by atoms with Crippen LogP contribution in [0, 0.1) is 0 Å². The minimum Gasteiger partial charge on any atom is -0.385 e. The van der Waals surface area contributed by atoms with Gasteiger partial charge >= 0.3 is 0 Å². The van der Waals surface area contributed by atoms with E-state index >= 15 is 0 Å². The molecule has 5 heteroatoms. The van der Waals surface area contributed by atoms with E-state index in [9.17, 15) is 0 Å². The topological polar surface area (TPSA) is 57.4 Å². The summed E-state index contributed by atoms with van der Waals surface area (Å²) in [6, 6.07) is 18.6. The first-order valence-electron chi connectivity index (χ1n) is 11.8. The molecule has 2 atom stereocenters. The van der Waals surface area contributed by atoms with Gasteiger partial charge in [-0.1, -0.05) is 36.9 Å². The molecule has 0 saturated carbocycles. The molecule has 0 spiro atoms. The molecule has 3 heterocycles. The summed E-state index contributed by atoms with van der Waals surface area (Å²) in [4.78, 5) is 9.48. The molecule has 1 fully saturated rings. The van der Waals surface area contributed by atoms with Gasteiger partial charge < -0.3 is 16.0 Å². The lowest BCUT2D eigenvalue weighted by molar-refractivity contribution is 0.170. The number of rotatable bonds is 3. The largest absolute Gasteiger partial charge is 0.385 e. The summed E-state index contributed by atoms with van der Waals surface area (Å²) in [6.45, 7) is 11.7. The Kier molecular flexibility index (Phi) is 5.59. The van der Waals surface area contributed by atoms with Crippen molar-refractivity contribution in [1.29, 1.82) is 0 Å². The number of nitrogens with zero attached hydrogens (tertiary/aromatic N) is 3. The maximum atomic E-state index is 6.31. The van der Waals surface area contributed by atoms with E-state index in [0.29, 0.717) is 17.9 Å². The molecule has 0 unspecified atom stereocenters. The van der Waals surface area contributed by atoms with Crippen molar-refractivity contribution in [1.82, 2.24) is 15.2 Å². The van der Waals surface area contributed by atoms with Gasteiger partial charge in [0.2, 0.25) is 0 Å². The van der Waals surface area contributed by atoms with E-state index in [0.717, 1.165) is 54.0 Å². The molecule has 1 saturated heterocycles. The van der Waals surface area contributed by atoms with Gasteiger partial charge in [0.1, 0.15) is 5.82 Å². The predicted octanol–water partition coefficient (Wildman–Crippen LogP) is 4.64. The van der Waals surface area contributed by atoms with E-state index in [2.05, 4.69) is 96.1 Å². The molecule has 2 aliphatic rings. The van der Waals surface area contributed by atoms with Crippen molar-refractivity contribution in [3.05, 3.63) is 72.4 Å². The van der Waals surface area contributed by atoms with Crippen LogP contribution in [-0.4, -0.2) is 48.6 Å². The van der Waals surface area contributed by atoms with Crippen LogP contribution in [0.5, 0.6) is 0 Å². The fourth-order valence-electron chi connectivity index (χ4n) is 5.05. The van der Waals surface area contributed by atoms with Crippen LogP contribution in [0.25, 0.3) is 28.0 Å². The molecule has 0 bridgehead atoms. The summed E-state index contributed by atoms with van der Waals surface area (Å²) in [5.41, 5.74) is 15.4. The number of fused-ring (bicyclic) bond motifs is 1. The Morgan fingerprint density at radius 1 is 0.939 bits per heavy atom. The van der Waals surface area contributed by atoms with Crippen LogP contribution in [0.4, 0.5) is 11.5 Å². The number of likely N-dealkylation sites (N-methyl/N-ethyl adjacent to an activating group) is 1. The molecular formula is C28H33N5. The minimum atomic E-state index is 0.543. The van der Waals surface area contributed by atoms with Gasteiger partial charge in [-0.25, -0.2) is 4.98 Å². The zero-order chi connectivity index (χ0) is 23.1. The molecule has 0 aliphatic carbocycles. The maximum Gasteiger partial charge on any atom is 0.131 e. The molecule has 33 heavy (non-hydrogen) atoms. The highest BCUT2D eigenvalue weighted by Crippen LogP contribution is 2.33. The normalized spacial score (nSPS) is 20.9. The molecular weight excluding hydrogens is 406 g/mol. The maximum absolute atomic E-state index is 6.31. The SMILES string of the molecule is C=C1NCCc2cc(-c3cc(-c4ccc(N5C[C@@H](C)N(C)[C@@H](C)C5)cc4)cnc3N)ccc21. The number of hydrogen-bond acceptors (Lipinski definition) is 5. The second-order valence-corrected chi connectivity index (χ2v) is 9.50. The van der Waals surface area contributed by atoms with Gasteiger partial charge in [0.05, 0.1) is 0 Å². The lowest BCUT2D eigenvalue weighted by atomic mass is 9.93. The first-order valence-corrected chi connectivity index (χ1v) is 11.8. The summed E-state index contributed by atoms with van der Waals surface area (Å²) in [5, 5.41) is 3.34. The van der Waals surface area contributed by atoms with Gasteiger partial charge in [0, 0.05) is 66.0 Å². The highest BCUT2D eigenvalue weighted by atomic mass is 15.3. The lowest BCUT2D eigenvalue weighted by Gasteiger charge is -2.43. The third-order valence-electron chi connectivity index (χ3n) is 7.32. The van der Waals surface area contributed by atoms with Crippen molar-refractivity contribution in [3.8, 4) is 22.3 Å². The molecule has 3 aromatic rings. The minimum absolute atomic E-state index is 0.543. The Hall–Kier alpha value is -3.31. The summed E-state index contributed by atoms with van der Waals surface area (Å²) < 4.78 is 0. The summed E-state index contributed by atoms with van der Waals surface area (Å²) >= 11 is 0. The third kappa shape index (κ3) is 4.09. The second kappa shape index (κ2) is 8.56. The Bertz CT molecular complexity index is 1170. The number of hydrogen-bond donors (Lipinski definition) is 2. The summed E-state index contributed by atoms with van der Waals surface area (Å²) in [6.07, 6.45) is 2.86. The molecule has 0 radical (unpaired) electrons. The monoisotopic (exact) mass is 439 g/mol. The van der Waals surface area contributed by atoms with E-state index in [4.69, 9.17) is 5.73 Å². The smallest absolute Gasteiger partial charge is 0.131 e. The standard InChI is InChI=1S/C28H33N5/c1-18-16-33(17-19(2)32(18)4)25-8-5-21(6-9-25)24-14-27(28(29)31-15-24)22-7-10-26-20(3)30-12-11-23(26)13-22/h5-10,13-15,18-19,30H,3,11-12,16-17H2,1-2,4H3,(H2,29,31)/t18-,19+. The molecule has 0 amide bonds. The van der Waals surface area contributed by atoms with Crippen LogP contribution in [-0.2, 0) is 6.42 Å². The number of nitrogens with two attached hydrogens (primary N) is 1. The molecule has 5 rings (SSSR count). The van der Waals surface area contributed by atoms with E-state index in [-0.39, 0.29) is 0 Å². The van der Waals surface area contributed by atoms with Crippen molar-refractivity contribution < 1.29 is 0 Å². The highest BCUT2D eigenvalue weighted by Gasteiger charge is 2.26. The number of nitrogens with one attached hydrogen (secondary N) is 1. The van der Waals surface area contributed by atoms with E-state index < -0.39 is 0 Å². The van der Waals surface area contributed by atoms with Gasteiger partial charge in [0.25, 0.3) is 0 Å². The van der Waals surface area contributed by atoms with Crippen LogP contribution in [0.1, 0.15) is 25.0 Å². The van der Waals surface area contributed by atoms with Crippen molar-refractivity contribution in [2.24, 2.45) is 0 Å². The summed E-state index contributed by atoms with van der Waals surface area (Å²) in [5.74, 6) is 0.559. The van der Waals surface area contributed by atoms with Gasteiger partial charge in [-0.05, 0) is 62.2 Å². The Balaban J connectivity index is 1.42. The van der Waals surface area contributed by atoms with Crippen LogP contribution < -0.4 is 16.0 Å². The number of pyridine rings is 1. The molecule has 2 aromatic carbocycles. The third-order valence-corrected chi connectivity index (χ3v) is 7.32. The lowest BCUT2D eigenvalue weighted by Crippen LogP contribution is -2.55. The quantitative estimate of drug-likeness (QED) is 0.623. The molecule has 2 aliphatic heterocycles. The first-order chi connectivity index (χ1) is 15.9. The Morgan fingerprint density at radius 2 is 1.64 bits per heavy atom. The molecule has 1 aromatic heterocycles. The van der Waals surface area contributed by atoms with Crippen LogP contribution in [0.2, 0.25) is 0 Å². The zero-order valence-electron chi connectivity index (χ0n) is 19.8. The fourth-order valence-corrected chi connectivity index (χ4v) is 5.05. The van der Waals surface area contributed by atoms with Gasteiger partial charge in [-0.2, -0.15) is 0 Å². The average molecular weight is 440 g/mol. The molecule has 3 N–H and O–H groups in total. The van der Waals surface area contributed by atoms with Crippen LogP contribution in [0.3, 0.4) is 0 Å².